The first-order valence-electron chi connectivity index (χ1n) is 6.55. The van der Waals surface area contributed by atoms with Crippen molar-refractivity contribution in [2.24, 2.45) is 0 Å². The topological polar surface area (TPSA) is 59.1 Å². The molecule has 3 aromatic rings. The molecule has 1 N–H and O–H groups in total. The average molecular weight is 370 g/mol. The zero-order chi connectivity index (χ0) is 17.3. The van der Waals surface area contributed by atoms with Crippen LogP contribution < -0.4 is 4.72 Å². The van der Waals surface area contributed by atoms with Gasteiger partial charge >= 0.3 is 0 Å². The number of nitrogens with one attached hydrogen (secondary N) is 1. The molecule has 24 heavy (non-hydrogen) atoms. The lowest BCUT2D eigenvalue weighted by Gasteiger charge is -2.07. The van der Waals surface area contributed by atoms with Crippen LogP contribution in [0.2, 0.25) is 0 Å². The Bertz CT molecular complexity index is 966. The van der Waals surface area contributed by atoms with Crippen molar-refractivity contribution in [1.82, 2.24) is 4.98 Å². The quantitative estimate of drug-likeness (QED) is 0.754. The van der Waals surface area contributed by atoms with E-state index in [1.54, 1.807) is 0 Å². The summed E-state index contributed by atoms with van der Waals surface area (Å²) in [6.07, 6.45) is 0. The van der Waals surface area contributed by atoms with Crippen molar-refractivity contribution in [3.8, 4) is 10.6 Å². The molecule has 0 aliphatic rings. The Kier molecular flexibility index (Phi) is 4.29. The van der Waals surface area contributed by atoms with Crippen LogP contribution in [0.4, 0.5) is 18.9 Å². The molecule has 0 spiro atoms. The van der Waals surface area contributed by atoms with Crippen LogP contribution in [0.1, 0.15) is 0 Å². The normalized spacial score (nSPS) is 11.5. The number of anilines is 1. The zero-order valence-corrected chi connectivity index (χ0v) is 13.5. The number of benzene rings is 2. The van der Waals surface area contributed by atoms with Gasteiger partial charge in [0.2, 0.25) is 0 Å². The third-order valence-electron chi connectivity index (χ3n) is 3.05. The fraction of sp³-hybridized carbons (Fsp3) is 0. The highest BCUT2D eigenvalue weighted by Gasteiger charge is 2.22. The maximum absolute atomic E-state index is 13.6. The molecular formula is C15H9F3N2O2S2. The van der Waals surface area contributed by atoms with Gasteiger partial charge in [0, 0.05) is 10.9 Å². The molecule has 0 aliphatic carbocycles. The molecule has 0 fully saturated rings. The van der Waals surface area contributed by atoms with Crippen molar-refractivity contribution in [1.29, 1.82) is 0 Å². The lowest BCUT2D eigenvalue weighted by molar-refractivity contribution is 0.582. The summed E-state index contributed by atoms with van der Waals surface area (Å²) in [6.45, 7) is 0. The number of nitrogens with zero attached hydrogens (tertiary/aromatic N) is 1. The van der Waals surface area contributed by atoms with Gasteiger partial charge in [-0.05, 0) is 36.4 Å². The molecule has 1 heterocycles. The molecule has 0 saturated carbocycles. The van der Waals surface area contributed by atoms with Crippen molar-refractivity contribution >= 4 is 27.0 Å². The van der Waals surface area contributed by atoms with Crippen molar-refractivity contribution in [3.63, 3.8) is 0 Å². The van der Waals surface area contributed by atoms with Gasteiger partial charge in [-0.3, -0.25) is 4.72 Å². The average Bonchev–Trinajstić information content (AvgIpc) is 3.03. The highest BCUT2D eigenvalue weighted by atomic mass is 32.2. The molecule has 124 valence electrons. The van der Waals surface area contributed by atoms with E-state index in [0.29, 0.717) is 10.6 Å². The molecular weight excluding hydrogens is 361 g/mol. The summed E-state index contributed by atoms with van der Waals surface area (Å²) < 4.78 is 66.4. The van der Waals surface area contributed by atoms with E-state index in [2.05, 4.69) is 4.98 Å². The van der Waals surface area contributed by atoms with Crippen LogP contribution in [0.15, 0.2) is 52.9 Å². The standard InChI is InChI=1S/C15H9F3N2O2S2/c16-10-6-4-9(5-7-10)15-19-13(8-23-15)24(21,22)20-14-11(17)2-1-3-12(14)18/h1-8,20H. The molecule has 0 aliphatic heterocycles. The Morgan fingerprint density at radius 3 is 2.21 bits per heavy atom. The van der Waals surface area contributed by atoms with Crippen LogP contribution in [0.3, 0.4) is 0 Å². The van der Waals surface area contributed by atoms with Gasteiger partial charge in [-0.2, -0.15) is 8.42 Å². The fourth-order valence-electron chi connectivity index (χ4n) is 1.89. The largest absolute Gasteiger partial charge is 0.280 e. The SMILES string of the molecule is O=S(=O)(Nc1c(F)cccc1F)c1csc(-c2ccc(F)cc2)n1. The van der Waals surface area contributed by atoms with E-state index in [-0.39, 0.29) is 5.03 Å². The van der Waals surface area contributed by atoms with Crippen molar-refractivity contribution < 1.29 is 21.6 Å². The second kappa shape index (κ2) is 6.25. The first-order valence-corrected chi connectivity index (χ1v) is 8.91. The summed E-state index contributed by atoms with van der Waals surface area (Å²) in [5, 5.41) is 1.19. The fourth-order valence-corrected chi connectivity index (χ4v) is 4.07. The van der Waals surface area contributed by atoms with Crippen LogP contribution in [0.25, 0.3) is 10.6 Å². The molecule has 0 atom stereocenters. The maximum atomic E-state index is 13.6. The van der Waals surface area contributed by atoms with E-state index in [1.165, 1.54) is 29.6 Å². The third kappa shape index (κ3) is 3.26. The van der Waals surface area contributed by atoms with Crippen molar-refractivity contribution in [2.75, 3.05) is 4.72 Å². The van der Waals surface area contributed by atoms with E-state index < -0.39 is 33.2 Å². The van der Waals surface area contributed by atoms with Gasteiger partial charge in [-0.25, -0.2) is 18.2 Å². The van der Waals surface area contributed by atoms with Crippen LogP contribution in [0.5, 0.6) is 0 Å². The molecule has 0 saturated heterocycles. The van der Waals surface area contributed by atoms with Gasteiger partial charge in [0.25, 0.3) is 10.0 Å². The summed E-state index contributed by atoms with van der Waals surface area (Å²) in [6, 6.07) is 8.34. The van der Waals surface area contributed by atoms with Crippen LogP contribution >= 0.6 is 11.3 Å². The van der Waals surface area contributed by atoms with Gasteiger partial charge in [-0.15, -0.1) is 11.3 Å². The van der Waals surface area contributed by atoms with Crippen molar-refractivity contribution in [2.45, 2.75) is 5.03 Å². The number of para-hydroxylation sites is 1. The molecule has 3 rings (SSSR count). The van der Waals surface area contributed by atoms with Gasteiger partial charge in [0.15, 0.2) is 5.03 Å². The predicted octanol–water partition coefficient (Wildman–Crippen LogP) is 4.03. The smallest absolute Gasteiger partial charge is 0.272 e. The first kappa shape index (κ1) is 16.5. The van der Waals surface area contributed by atoms with Gasteiger partial charge in [0.1, 0.15) is 28.1 Å². The molecule has 0 amide bonds. The molecule has 0 radical (unpaired) electrons. The number of thiazole rings is 1. The minimum absolute atomic E-state index is 0.337. The number of hydrogen-bond acceptors (Lipinski definition) is 4. The Balaban J connectivity index is 1.92. The predicted molar refractivity (Wildman–Crippen MR) is 84.7 cm³/mol. The molecule has 2 aromatic carbocycles. The summed E-state index contributed by atoms with van der Waals surface area (Å²) in [5.41, 5.74) is -0.242. The highest BCUT2D eigenvalue weighted by Crippen LogP contribution is 2.28. The number of halogens is 3. The van der Waals surface area contributed by atoms with E-state index in [1.807, 2.05) is 4.72 Å². The van der Waals surface area contributed by atoms with E-state index in [9.17, 15) is 21.6 Å². The number of sulfonamides is 1. The van der Waals surface area contributed by atoms with E-state index in [4.69, 9.17) is 0 Å². The van der Waals surface area contributed by atoms with Crippen LogP contribution in [0, 0.1) is 17.5 Å². The Morgan fingerprint density at radius 1 is 0.958 bits per heavy atom. The Hall–Kier alpha value is -2.39. The first-order chi connectivity index (χ1) is 11.4. The van der Waals surface area contributed by atoms with Gasteiger partial charge in [0.05, 0.1) is 0 Å². The van der Waals surface area contributed by atoms with Crippen molar-refractivity contribution in [3.05, 3.63) is 65.3 Å². The summed E-state index contributed by atoms with van der Waals surface area (Å²) in [5.74, 6) is -2.50. The minimum atomic E-state index is -4.26. The maximum Gasteiger partial charge on any atom is 0.280 e. The van der Waals surface area contributed by atoms with E-state index in [0.717, 1.165) is 29.5 Å². The second-order valence-electron chi connectivity index (χ2n) is 4.70. The lowest BCUT2D eigenvalue weighted by Crippen LogP contribution is -2.15. The van der Waals surface area contributed by atoms with E-state index >= 15 is 0 Å². The van der Waals surface area contributed by atoms with Gasteiger partial charge < -0.3 is 0 Å². The molecule has 4 nitrogen and oxygen atoms in total. The summed E-state index contributed by atoms with van der Waals surface area (Å²) in [7, 11) is -4.26. The molecule has 0 unspecified atom stereocenters. The second-order valence-corrected chi connectivity index (χ2v) is 7.19. The number of aromatic nitrogens is 1. The molecule has 0 bridgehead atoms. The molecule has 9 heteroatoms. The van der Waals surface area contributed by atoms with Crippen LogP contribution in [-0.2, 0) is 10.0 Å². The number of hydrogen-bond donors (Lipinski definition) is 1. The zero-order valence-electron chi connectivity index (χ0n) is 11.8. The third-order valence-corrected chi connectivity index (χ3v) is 5.32. The summed E-state index contributed by atoms with van der Waals surface area (Å²) in [4.78, 5) is 3.94. The number of rotatable bonds is 4. The minimum Gasteiger partial charge on any atom is -0.272 e. The lowest BCUT2D eigenvalue weighted by atomic mass is 10.2. The Morgan fingerprint density at radius 2 is 1.58 bits per heavy atom. The molecule has 1 aromatic heterocycles. The monoisotopic (exact) mass is 370 g/mol. The summed E-state index contributed by atoms with van der Waals surface area (Å²) >= 11 is 1.01. The highest BCUT2D eigenvalue weighted by molar-refractivity contribution is 7.92. The van der Waals surface area contributed by atoms with Gasteiger partial charge in [-0.1, -0.05) is 6.07 Å². The van der Waals surface area contributed by atoms with Crippen LogP contribution in [-0.4, -0.2) is 13.4 Å². The Labute approximate surface area is 139 Å².